The lowest BCUT2D eigenvalue weighted by Crippen LogP contribution is -2.14. The second kappa shape index (κ2) is 4.22. The van der Waals surface area contributed by atoms with Crippen LogP contribution in [-0.2, 0) is 10.0 Å². The van der Waals surface area contributed by atoms with Crippen LogP contribution in [0.5, 0.6) is 5.75 Å². The Hall–Kier alpha value is -2.22. The molecule has 0 spiro atoms. The van der Waals surface area contributed by atoms with E-state index >= 15 is 0 Å². The number of hydrogen-bond donors (Lipinski definition) is 4. The topological polar surface area (TPSA) is 121 Å². The van der Waals surface area contributed by atoms with Crippen LogP contribution in [0.3, 0.4) is 0 Å². The Morgan fingerprint density at radius 1 is 1.44 bits per heavy atom. The van der Waals surface area contributed by atoms with Crippen LogP contribution in [0.25, 0.3) is 0 Å². The fourth-order valence-corrected chi connectivity index (χ4v) is 2.44. The van der Waals surface area contributed by atoms with Gasteiger partial charge < -0.3 is 15.8 Å². The first kappa shape index (κ1) is 12.2. The number of nitrogens with two attached hydrogens (primary N) is 1. The van der Waals surface area contributed by atoms with E-state index in [0.717, 1.165) is 0 Å². The summed E-state index contributed by atoms with van der Waals surface area (Å²) >= 11 is 0. The van der Waals surface area contributed by atoms with Gasteiger partial charge in [0.05, 0.1) is 17.6 Å². The second-order valence-corrected chi connectivity index (χ2v) is 5.36. The van der Waals surface area contributed by atoms with Crippen LogP contribution in [0.15, 0.2) is 29.4 Å². The average molecular weight is 268 g/mol. The van der Waals surface area contributed by atoms with Crippen molar-refractivity contribution in [3.05, 3.63) is 30.2 Å². The molecule has 8 heteroatoms. The lowest BCUT2D eigenvalue weighted by atomic mass is 10.2. The molecule has 0 saturated carbocycles. The number of aryl methyl sites for hydroxylation is 1. The highest BCUT2D eigenvalue weighted by molar-refractivity contribution is 7.92. The molecule has 0 bridgehead atoms. The van der Waals surface area contributed by atoms with Crippen molar-refractivity contribution < 1.29 is 13.5 Å². The summed E-state index contributed by atoms with van der Waals surface area (Å²) < 4.78 is 26.2. The van der Waals surface area contributed by atoms with Crippen LogP contribution in [0.4, 0.5) is 11.4 Å². The molecule has 0 aliphatic rings. The van der Waals surface area contributed by atoms with Crippen molar-refractivity contribution in [2.45, 2.75) is 11.9 Å². The van der Waals surface area contributed by atoms with Crippen molar-refractivity contribution in [1.29, 1.82) is 0 Å². The van der Waals surface area contributed by atoms with Crippen LogP contribution >= 0.6 is 0 Å². The van der Waals surface area contributed by atoms with Gasteiger partial charge in [-0.1, -0.05) is 0 Å². The molecular formula is C10H12N4O3S. The smallest absolute Gasteiger partial charge is 0.279 e. The normalized spacial score (nSPS) is 11.4. The Balaban J connectivity index is 2.33. The monoisotopic (exact) mass is 268 g/mol. The summed E-state index contributed by atoms with van der Waals surface area (Å²) in [4.78, 5) is 6.43. The van der Waals surface area contributed by atoms with Gasteiger partial charge in [-0.05, 0) is 19.1 Å². The maximum Gasteiger partial charge on any atom is 0.279 e. The highest BCUT2D eigenvalue weighted by Crippen LogP contribution is 2.25. The molecule has 1 heterocycles. The van der Waals surface area contributed by atoms with E-state index in [2.05, 4.69) is 14.7 Å². The molecule has 18 heavy (non-hydrogen) atoms. The molecule has 0 radical (unpaired) electrons. The Labute approximate surface area is 104 Å². The van der Waals surface area contributed by atoms with Gasteiger partial charge in [0.1, 0.15) is 11.6 Å². The number of H-pyrrole nitrogens is 1. The molecule has 1 aromatic heterocycles. The number of nitrogens with one attached hydrogen (secondary N) is 2. The van der Waals surface area contributed by atoms with Crippen molar-refractivity contribution >= 4 is 21.4 Å². The quantitative estimate of drug-likeness (QED) is 0.484. The minimum absolute atomic E-state index is 0.0344. The maximum atomic E-state index is 12.0. The Bertz CT molecular complexity index is 678. The summed E-state index contributed by atoms with van der Waals surface area (Å²) in [5, 5.41) is 9.13. The molecular weight excluding hydrogens is 256 g/mol. The number of aromatic nitrogens is 2. The molecule has 0 atom stereocenters. The highest BCUT2D eigenvalue weighted by atomic mass is 32.2. The van der Waals surface area contributed by atoms with Crippen molar-refractivity contribution in [3.8, 4) is 5.75 Å². The molecule has 0 unspecified atom stereocenters. The van der Waals surface area contributed by atoms with E-state index in [9.17, 15) is 13.5 Å². The predicted molar refractivity (Wildman–Crippen MR) is 66.7 cm³/mol. The Morgan fingerprint density at radius 2 is 2.17 bits per heavy atom. The Morgan fingerprint density at radius 3 is 2.72 bits per heavy atom. The minimum atomic E-state index is -3.76. The van der Waals surface area contributed by atoms with Crippen LogP contribution < -0.4 is 10.5 Å². The molecule has 0 amide bonds. The van der Waals surface area contributed by atoms with Crippen LogP contribution in [-0.4, -0.2) is 23.5 Å². The number of sulfonamides is 1. The summed E-state index contributed by atoms with van der Waals surface area (Å²) in [6.45, 7) is 1.65. The molecule has 0 aliphatic heterocycles. The zero-order valence-electron chi connectivity index (χ0n) is 9.51. The molecule has 5 N–H and O–H groups in total. The van der Waals surface area contributed by atoms with E-state index < -0.39 is 10.0 Å². The summed E-state index contributed by atoms with van der Waals surface area (Å²) in [6.07, 6.45) is 1.22. The number of imidazole rings is 1. The lowest BCUT2D eigenvalue weighted by Gasteiger charge is -2.08. The van der Waals surface area contributed by atoms with Gasteiger partial charge in [0, 0.05) is 6.07 Å². The van der Waals surface area contributed by atoms with Crippen LogP contribution in [0.2, 0.25) is 0 Å². The Kier molecular flexibility index (Phi) is 2.87. The van der Waals surface area contributed by atoms with E-state index in [1.165, 1.54) is 24.4 Å². The van der Waals surface area contributed by atoms with Crippen LogP contribution in [0.1, 0.15) is 5.82 Å². The van der Waals surface area contributed by atoms with Gasteiger partial charge in [-0.15, -0.1) is 0 Å². The highest BCUT2D eigenvalue weighted by Gasteiger charge is 2.17. The second-order valence-electron chi connectivity index (χ2n) is 3.71. The van der Waals surface area contributed by atoms with E-state index in [1.54, 1.807) is 6.92 Å². The fourth-order valence-electron chi connectivity index (χ4n) is 1.38. The number of aromatic amines is 1. The first-order valence-electron chi connectivity index (χ1n) is 5.01. The van der Waals surface area contributed by atoms with Crippen molar-refractivity contribution in [1.82, 2.24) is 9.97 Å². The molecule has 1 aromatic carbocycles. The average Bonchev–Trinajstić information content (AvgIpc) is 2.70. The van der Waals surface area contributed by atoms with E-state index in [-0.39, 0.29) is 22.2 Å². The van der Waals surface area contributed by atoms with Crippen LogP contribution in [0, 0.1) is 6.92 Å². The van der Waals surface area contributed by atoms with E-state index in [4.69, 9.17) is 5.73 Å². The van der Waals surface area contributed by atoms with Gasteiger partial charge in [0.25, 0.3) is 10.0 Å². The largest absolute Gasteiger partial charge is 0.508 e. The zero-order chi connectivity index (χ0) is 13.3. The number of nitrogens with zero attached hydrogens (tertiary/aromatic N) is 1. The number of nitrogen functional groups attached to an aromatic ring is 1. The fraction of sp³-hybridized carbons (Fsp3) is 0.100. The van der Waals surface area contributed by atoms with Gasteiger partial charge in [0.15, 0.2) is 5.03 Å². The van der Waals surface area contributed by atoms with E-state index in [0.29, 0.717) is 5.82 Å². The van der Waals surface area contributed by atoms with Gasteiger partial charge in [-0.25, -0.2) is 4.98 Å². The molecule has 96 valence electrons. The zero-order valence-corrected chi connectivity index (χ0v) is 10.3. The number of phenols is 1. The third-order valence-corrected chi connectivity index (χ3v) is 3.52. The first-order valence-corrected chi connectivity index (χ1v) is 6.50. The summed E-state index contributed by atoms with van der Waals surface area (Å²) in [7, 11) is -3.76. The number of benzene rings is 1. The van der Waals surface area contributed by atoms with E-state index in [1.807, 2.05) is 0 Å². The SMILES string of the molecule is Cc1ncc(S(=O)(=O)Nc2ccc(O)cc2N)[nH]1. The molecule has 2 aromatic rings. The molecule has 0 aliphatic carbocycles. The molecule has 0 fully saturated rings. The number of hydrogen-bond acceptors (Lipinski definition) is 5. The van der Waals surface area contributed by atoms with Crippen molar-refractivity contribution in [2.75, 3.05) is 10.5 Å². The number of rotatable bonds is 3. The molecule has 2 rings (SSSR count). The van der Waals surface area contributed by atoms with Crippen molar-refractivity contribution in [3.63, 3.8) is 0 Å². The third-order valence-electron chi connectivity index (χ3n) is 2.25. The van der Waals surface area contributed by atoms with Gasteiger partial charge in [-0.3, -0.25) is 4.72 Å². The van der Waals surface area contributed by atoms with Gasteiger partial charge in [0.2, 0.25) is 0 Å². The summed E-state index contributed by atoms with van der Waals surface area (Å²) in [5.41, 5.74) is 5.93. The first-order chi connectivity index (χ1) is 8.38. The predicted octanol–water partition coefficient (Wildman–Crippen LogP) is 0.807. The lowest BCUT2D eigenvalue weighted by molar-refractivity contribution is 0.475. The number of phenolic OH excluding ortho intramolecular Hbond substituents is 1. The minimum Gasteiger partial charge on any atom is -0.508 e. The van der Waals surface area contributed by atoms with Crippen molar-refractivity contribution in [2.24, 2.45) is 0 Å². The molecule has 7 nitrogen and oxygen atoms in total. The molecule has 0 saturated heterocycles. The number of anilines is 2. The third kappa shape index (κ3) is 2.38. The summed E-state index contributed by atoms with van der Waals surface area (Å²) in [6, 6.07) is 3.98. The van der Waals surface area contributed by atoms with Gasteiger partial charge in [-0.2, -0.15) is 8.42 Å². The summed E-state index contributed by atoms with van der Waals surface area (Å²) in [5.74, 6) is 0.460. The number of aromatic hydroxyl groups is 1. The maximum absolute atomic E-state index is 12.0. The van der Waals surface area contributed by atoms with Gasteiger partial charge >= 0.3 is 0 Å². The standard InChI is InChI=1S/C10H12N4O3S/c1-6-12-5-10(13-6)18(16,17)14-9-3-2-7(15)4-8(9)11/h2-5,14-15H,11H2,1H3,(H,12,13).